The van der Waals surface area contributed by atoms with Crippen molar-refractivity contribution in [1.29, 1.82) is 0 Å². The summed E-state index contributed by atoms with van der Waals surface area (Å²) in [5, 5.41) is 20.4. The van der Waals surface area contributed by atoms with Crippen molar-refractivity contribution in [2.45, 2.75) is 19.3 Å². The van der Waals surface area contributed by atoms with Crippen LogP contribution < -0.4 is 5.32 Å². The molecule has 2 aliphatic rings. The van der Waals surface area contributed by atoms with E-state index in [1.165, 1.54) is 0 Å². The SMILES string of the molecule is O=C(O)[C@H]1C[C@H]1C(=O)NCC1(CO)CC1. The Bertz CT molecular complexity index is 298. The second kappa shape index (κ2) is 3.48. The first-order valence-electron chi connectivity index (χ1n) is 5.19. The Kier molecular flexibility index (Phi) is 2.42. The summed E-state index contributed by atoms with van der Waals surface area (Å²) in [5.74, 6) is -1.91. The van der Waals surface area contributed by atoms with Gasteiger partial charge in [0.25, 0.3) is 0 Å². The molecule has 5 nitrogen and oxygen atoms in total. The van der Waals surface area contributed by atoms with E-state index < -0.39 is 11.9 Å². The van der Waals surface area contributed by atoms with Crippen molar-refractivity contribution in [2.75, 3.05) is 13.2 Å². The van der Waals surface area contributed by atoms with E-state index in [9.17, 15) is 9.59 Å². The number of rotatable bonds is 5. The Hall–Kier alpha value is -1.10. The third-order valence-electron chi connectivity index (χ3n) is 3.37. The molecule has 0 aromatic carbocycles. The van der Waals surface area contributed by atoms with Crippen molar-refractivity contribution in [1.82, 2.24) is 5.32 Å². The number of aliphatic carboxylic acids is 1. The Morgan fingerprint density at radius 1 is 1.33 bits per heavy atom. The van der Waals surface area contributed by atoms with Gasteiger partial charge in [-0.1, -0.05) is 0 Å². The van der Waals surface area contributed by atoms with Crippen LogP contribution in [0.15, 0.2) is 0 Å². The number of carbonyl (C=O) groups excluding carboxylic acids is 1. The largest absolute Gasteiger partial charge is 0.481 e. The molecule has 2 rings (SSSR count). The van der Waals surface area contributed by atoms with Gasteiger partial charge in [0.05, 0.1) is 18.4 Å². The summed E-state index contributed by atoms with van der Waals surface area (Å²) in [4.78, 5) is 22.0. The number of aliphatic hydroxyl groups is 1. The zero-order chi connectivity index (χ0) is 11.1. The van der Waals surface area contributed by atoms with E-state index in [0.717, 1.165) is 12.8 Å². The molecule has 2 atom stereocenters. The summed E-state index contributed by atoms with van der Waals surface area (Å²) in [6, 6.07) is 0. The van der Waals surface area contributed by atoms with Crippen LogP contribution in [0.4, 0.5) is 0 Å². The summed E-state index contributed by atoms with van der Waals surface area (Å²) < 4.78 is 0. The Morgan fingerprint density at radius 3 is 2.40 bits per heavy atom. The van der Waals surface area contributed by atoms with Crippen molar-refractivity contribution < 1.29 is 19.8 Å². The molecule has 0 bridgehead atoms. The van der Waals surface area contributed by atoms with Gasteiger partial charge in [-0.2, -0.15) is 0 Å². The Balaban J connectivity index is 1.73. The van der Waals surface area contributed by atoms with Gasteiger partial charge in [-0.05, 0) is 19.3 Å². The summed E-state index contributed by atoms with van der Waals surface area (Å²) in [7, 11) is 0. The molecular weight excluding hydrogens is 198 g/mol. The summed E-state index contributed by atoms with van der Waals surface area (Å²) in [5.41, 5.74) is -0.108. The fourth-order valence-electron chi connectivity index (χ4n) is 1.73. The molecule has 15 heavy (non-hydrogen) atoms. The van der Waals surface area contributed by atoms with Gasteiger partial charge in [0.15, 0.2) is 0 Å². The van der Waals surface area contributed by atoms with Crippen molar-refractivity contribution in [3.63, 3.8) is 0 Å². The summed E-state index contributed by atoms with van der Waals surface area (Å²) in [6.45, 7) is 0.575. The van der Waals surface area contributed by atoms with Crippen LogP contribution >= 0.6 is 0 Å². The standard InChI is InChI=1S/C10H15NO4/c12-5-10(1-2-10)4-11-8(13)6-3-7(6)9(14)15/h6-7,12H,1-5H2,(H,11,13)(H,14,15)/t6-,7+/m1/s1. The van der Waals surface area contributed by atoms with E-state index in [-0.39, 0.29) is 23.8 Å². The van der Waals surface area contributed by atoms with Gasteiger partial charge >= 0.3 is 5.97 Å². The van der Waals surface area contributed by atoms with Crippen LogP contribution in [-0.2, 0) is 9.59 Å². The fourth-order valence-corrected chi connectivity index (χ4v) is 1.73. The van der Waals surface area contributed by atoms with Crippen molar-refractivity contribution >= 4 is 11.9 Å². The Morgan fingerprint density at radius 2 is 2.00 bits per heavy atom. The first kappa shape index (κ1) is 10.4. The van der Waals surface area contributed by atoms with Gasteiger partial charge in [-0.3, -0.25) is 9.59 Å². The maximum atomic E-state index is 11.5. The van der Waals surface area contributed by atoms with Crippen molar-refractivity contribution in [2.24, 2.45) is 17.3 Å². The number of nitrogens with one attached hydrogen (secondary N) is 1. The minimum absolute atomic E-state index is 0.0975. The van der Waals surface area contributed by atoms with Crippen LogP contribution in [0.3, 0.4) is 0 Å². The highest BCUT2D eigenvalue weighted by molar-refractivity contribution is 5.89. The summed E-state index contributed by atoms with van der Waals surface area (Å²) >= 11 is 0. The van der Waals surface area contributed by atoms with Crippen molar-refractivity contribution in [3.8, 4) is 0 Å². The molecule has 84 valence electrons. The fraction of sp³-hybridized carbons (Fsp3) is 0.800. The van der Waals surface area contributed by atoms with E-state index in [0.29, 0.717) is 13.0 Å². The average molecular weight is 213 g/mol. The summed E-state index contributed by atoms with van der Waals surface area (Å²) in [6.07, 6.45) is 2.33. The molecule has 3 N–H and O–H groups in total. The van der Waals surface area contributed by atoms with E-state index in [1.807, 2.05) is 0 Å². The quantitative estimate of drug-likeness (QED) is 0.579. The minimum Gasteiger partial charge on any atom is -0.481 e. The number of hydrogen-bond acceptors (Lipinski definition) is 3. The maximum Gasteiger partial charge on any atom is 0.307 e. The second-order valence-electron chi connectivity index (χ2n) is 4.66. The molecule has 0 spiro atoms. The maximum absolute atomic E-state index is 11.5. The normalized spacial score (nSPS) is 30.7. The molecule has 2 saturated carbocycles. The first-order valence-corrected chi connectivity index (χ1v) is 5.19. The third-order valence-corrected chi connectivity index (χ3v) is 3.37. The number of hydrogen-bond donors (Lipinski definition) is 3. The van der Waals surface area contributed by atoms with Gasteiger partial charge in [0.1, 0.15) is 0 Å². The highest BCUT2D eigenvalue weighted by Crippen LogP contribution is 2.45. The van der Waals surface area contributed by atoms with E-state index in [4.69, 9.17) is 10.2 Å². The van der Waals surface area contributed by atoms with Crippen LogP contribution in [0.25, 0.3) is 0 Å². The number of carboxylic acids is 1. The van der Waals surface area contributed by atoms with Crippen LogP contribution in [0.1, 0.15) is 19.3 Å². The van der Waals surface area contributed by atoms with Crippen LogP contribution in [0.5, 0.6) is 0 Å². The number of carboxylic acid groups (broad SMARTS) is 1. The van der Waals surface area contributed by atoms with E-state index >= 15 is 0 Å². The van der Waals surface area contributed by atoms with Crippen LogP contribution in [-0.4, -0.2) is 35.2 Å². The third kappa shape index (κ3) is 2.12. The molecule has 1 amide bonds. The van der Waals surface area contributed by atoms with Gasteiger partial charge in [-0.25, -0.2) is 0 Å². The molecule has 2 aliphatic carbocycles. The van der Waals surface area contributed by atoms with Crippen LogP contribution in [0.2, 0.25) is 0 Å². The average Bonchev–Trinajstić information content (AvgIpc) is 3.08. The predicted molar refractivity (Wildman–Crippen MR) is 51.0 cm³/mol. The molecule has 5 heteroatoms. The van der Waals surface area contributed by atoms with Crippen molar-refractivity contribution in [3.05, 3.63) is 0 Å². The lowest BCUT2D eigenvalue weighted by molar-refractivity contribution is -0.140. The van der Waals surface area contributed by atoms with E-state index in [2.05, 4.69) is 5.32 Å². The smallest absolute Gasteiger partial charge is 0.307 e. The zero-order valence-electron chi connectivity index (χ0n) is 8.40. The molecule has 0 heterocycles. The lowest BCUT2D eigenvalue weighted by Crippen LogP contribution is -2.33. The molecule has 0 aromatic rings. The molecule has 0 radical (unpaired) electrons. The molecule has 0 unspecified atom stereocenters. The second-order valence-corrected chi connectivity index (χ2v) is 4.66. The van der Waals surface area contributed by atoms with Gasteiger partial charge in [0.2, 0.25) is 5.91 Å². The van der Waals surface area contributed by atoms with Crippen LogP contribution in [0, 0.1) is 17.3 Å². The predicted octanol–water partition coefficient (Wildman–Crippen LogP) is -0.404. The van der Waals surface area contributed by atoms with Gasteiger partial charge in [0, 0.05) is 12.0 Å². The molecule has 0 saturated heterocycles. The van der Waals surface area contributed by atoms with Gasteiger partial charge in [-0.15, -0.1) is 0 Å². The number of aliphatic hydroxyl groups excluding tert-OH is 1. The lowest BCUT2D eigenvalue weighted by Gasteiger charge is -2.12. The van der Waals surface area contributed by atoms with Gasteiger partial charge < -0.3 is 15.5 Å². The number of amides is 1. The highest BCUT2D eigenvalue weighted by Gasteiger charge is 2.49. The monoisotopic (exact) mass is 213 g/mol. The molecular formula is C10H15NO4. The molecule has 0 aromatic heterocycles. The minimum atomic E-state index is -0.890. The zero-order valence-corrected chi connectivity index (χ0v) is 8.40. The molecule has 2 fully saturated rings. The first-order chi connectivity index (χ1) is 7.08. The van der Waals surface area contributed by atoms with E-state index in [1.54, 1.807) is 0 Å². The Labute approximate surface area is 87.5 Å². The molecule has 0 aliphatic heterocycles. The topological polar surface area (TPSA) is 86.6 Å². The lowest BCUT2D eigenvalue weighted by atomic mass is 10.1. The highest BCUT2D eigenvalue weighted by atomic mass is 16.4. The number of carbonyl (C=O) groups is 2.